The zero-order valence-corrected chi connectivity index (χ0v) is 15.6. The van der Waals surface area contributed by atoms with Crippen LogP contribution < -0.4 is 10.1 Å². The van der Waals surface area contributed by atoms with Gasteiger partial charge in [0.2, 0.25) is 9.84 Å². The highest BCUT2D eigenvalue weighted by Gasteiger charge is 2.23. The predicted molar refractivity (Wildman–Crippen MR) is 101 cm³/mol. The molecule has 1 aromatic heterocycles. The number of aromatic nitrogens is 2. The third kappa shape index (κ3) is 4.05. The molecule has 0 spiro atoms. The number of unbranched alkanes of at least 4 members (excludes halogenated alkanes) is 1. The summed E-state index contributed by atoms with van der Waals surface area (Å²) in [6, 6.07) is 13.6. The first-order chi connectivity index (χ1) is 12.6. The third-order valence-corrected chi connectivity index (χ3v) is 5.81. The number of benzene rings is 2. The molecule has 0 unspecified atom stereocenters. The fraction of sp³-hybridized carbons (Fsp3) is 0.316. The highest BCUT2D eigenvalue weighted by atomic mass is 32.2. The Kier molecular flexibility index (Phi) is 5.90. The molecule has 0 saturated carbocycles. The largest absolute Gasteiger partial charge is 0.492 e. The van der Waals surface area contributed by atoms with Crippen molar-refractivity contribution in [3.05, 3.63) is 48.5 Å². The highest BCUT2D eigenvalue weighted by Crippen LogP contribution is 2.28. The number of hydrogen-bond donors (Lipinski definition) is 2. The highest BCUT2D eigenvalue weighted by molar-refractivity contribution is 7.91. The molecule has 0 atom stereocenters. The lowest BCUT2D eigenvalue weighted by molar-refractivity contribution is 0.314. The lowest BCUT2D eigenvalue weighted by Crippen LogP contribution is -2.21. The molecule has 26 heavy (non-hydrogen) atoms. The normalized spacial score (nSPS) is 11.7. The van der Waals surface area contributed by atoms with Gasteiger partial charge in [0.25, 0.3) is 0 Å². The molecule has 0 bridgehead atoms. The van der Waals surface area contributed by atoms with Gasteiger partial charge in [0.05, 0.1) is 10.4 Å². The average Bonchev–Trinajstić information content (AvgIpc) is 3.09. The third-order valence-electron chi connectivity index (χ3n) is 4.07. The quantitative estimate of drug-likeness (QED) is 0.563. The Hall–Kier alpha value is -2.38. The number of ether oxygens (including phenoxy) is 1. The number of hydrogen-bond acceptors (Lipinski definition) is 5. The van der Waals surface area contributed by atoms with Crippen LogP contribution in [0.25, 0.3) is 10.9 Å². The number of H-pyrrole nitrogens is 1. The molecule has 0 amide bonds. The lowest BCUT2D eigenvalue weighted by Gasteiger charge is -2.08. The molecule has 0 saturated heterocycles. The summed E-state index contributed by atoms with van der Waals surface area (Å²) in [6.07, 6.45) is 2.30. The predicted octanol–water partition coefficient (Wildman–Crippen LogP) is 3.16. The van der Waals surface area contributed by atoms with E-state index >= 15 is 0 Å². The van der Waals surface area contributed by atoms with Crippen LogP contribution in [0.2, 0.25) is 0 Å². The Labute approximate surface area is 153 Å². The minimum atomic E-state index is -3.66. The Bertz CT molecular complexity index is 953. The molecule has 6 nitrogen and oxygen atoms in total. The van der Waals surface area contributed by atoms with Crippen LogP contribution in [-0.4, -0.2) is 38.3 Å². The van der Waals surface area contributed by atoms with Crippen LogP contribution in [0, 0.1) is 0 Å². The van der Waals surface area contributed by atoms with Gasteiger partial charge in [0, 0.05) is 11.9 Å². The smallest absolute Gasteiger partial charge is 0.223 e. The van der Waals surface area contributed by atoms with Crippen LogP contribution in [0.4, 0.5) is 0 Å². The van der Waals surface area contributed by atoms with E-state index < -0.39 is 9.84 Å². The van der Waals surface area contributed by atoms with Crippen molar-refractivity contribution in [2.24, 2.45) is 0 Å². The molecule has 2 aromatic carbocycles. The molecule has 3 aromatic rings. The molecule has 1 heterocycles. The molecule has 0 fully saturated rings. The van der Waals surface area contributed by atoms with Crippen LogP contribution in [0.15, 0.2) is 58.5 Å². The zero-order chi connectivity index (χ0) is 18.4. The summed E-state index contributed by atoms with van der Waals surface area (Å²) >= 11 is 0. The number of sulfone groups is 1. The molecular weight excluding hydrogens is 350 g/mol. The summed E-state index contributed by atoms with van der Waals surface area (Å²) in [4.78, 5) is 0.233. The first-order valence-corrected chi connectivity index (χ1v) is 10.2. The minimum absolute atomic E-state index is 0.0882. The van der Waals surface area contributed by atoms with Gasteiger partial charge < -0.3 is 10.1 Å². The molecule has 138 valence electrons. The first-order valence-electron chi connectivity index (χ1n) is 8.74. The van der Waals surface area contributed by atoms with E-state index in [0.29, 0.717) is 23.3 Å². The second-order valence-electron chi connectivity index (χ2n) is 6.00. The van der Waals surface area contributed by atoms with E-state index in [-0.39, 0.29) is 9.92 Å². The number of nitrogens with zero attached hydrogens (tertiary/aromatic N) is 1. The average molecular weight is 373 g/mol. The monoisotopic (exact) mass is 373 g/mol. The number of aromatic amines is 1. The van der Waals surface area contributed by atoms with E-state index in [9.17, 15) is 8.42 Å². The topological polar surface area (TPSA) is 84.1 Å². The van der Waals surface area contributed by atoms with E-state index in [1.165, 1.54) is 0 Å². The van der Waals surface area contributed by atoms with Gasteiger partial charge in [-0.2, -0.15) is 5.10 Å². The standard InChI is InChI=1S/C19H23N3O3S/c1-2-3-11-20-12-13-25-15-9-10-18-17(14-15)19(22-21-18)26(23,24)16-7-5-4-6-8-16/h4-10,14,20H,2-3,11-13H2,1H3,(H,21,22). The van der Waals surface area contributed by atoms with E-state index in [4.69, 9.17) is 4.74 Å². The van der Waals surface area contributed by atoms with Crippen molar-refractivity contribution < 1.29 is 13.2 Å². The molecule has 0 aliphatic heterocycles. The van der Waals surface area contributed by atoms with Crippen molar-refractivity contribution in [2.45, 2.75) is 29.7 Å². The van der Waals surface area contributed by atoms with Gasteiger partial charge in [-0.25, -0.2) is 8.42 Å². The Balaban J connectivity index is 1.78. The summed E-state index contributed by atoms with van der Waals surface area (Å²) in [6.45, 7) is 4.39. The fourth-order valence-corrected chi connectivity index (χ4v) is 4.02. The second kappa shape index (κ2) is 8.33. The van der Waals surface area contributed by atoms with Gasteiger partial charge in [-0.15, -0.1) is 0 Å². The summed E-state index contributed by atoms with van der Waals surface area (Å²) in [7, 11) is -3.66. The van der Waals surface area contributed by atoms with Gasteiger partial charge in [-0.05, 0) is 43.3 Å². The van der Waals surface area contributed by atoms with Crippen molar-refractivity contribution in [1.29, 1.82) is 0 Å². The van der Waals surface area contributed by atoms with Gasteiger partial charge in [0.1, 0.15) is 12.4 Å². The summed E-state index contributed by atoms with van der Waals surface area (Å²) in [5.74, 6) is 0.626. The van der Waals surface area contributed by atoms with Crippen molar-refractivity contribution in [3.8, 4) is 5.75 Å². The maximum absolute atomic E-state index is 12.9. The molecule has 0 aliphatic rings. The molecule has 0 aliphatic carbocycles. The molecule has 7 heteroatoms. The molecular formula is C19H23N3O3S. The van der Waals surface area contributed by atoms with Crippen molar-refractivity contribution in [1.82, 2.24) is 15.5 Å². The van der Waals surface area contributed by atoms with Gasteiger partial charge in [0.15, 0.2) is 5.03 Å². The summed E-state index contributed by atoms with van der Waals surface area (Å²) in [5.41, 5.74) is 0.591. The Morgan fingerprint density at radius 2 is 1.92 bits per heavy atom. The van der Waals surface area contributed by atoms with E-state index in [1.807, 2.05) is 0 Å². The second-order valence-corrected chi connectivity index (χ2v) is 7.89. The summed E-state index contributed by atoms with van der Waals surface area (Å²) < 4.78 is 31.5. The number of nitrogens with one attached hydrogen (secondary N) is 2. The van der Waals surface area contributed by atoms with Crippen LogP contribution in [-0.2, 0) is 9.84 Å². The van der Waals surface area contributed by atoms with E-state index in [0.717, 1.165) is 25.9 Å². The number of rotatable bonds is 9. The van der Waals surface area contributed by atoms with Crippen molar-refractivity contribution in [3.63, 3.8) is 0 Å². The minimum Gasteiger partial charge on any atom is -0.492 e. The van der Waals surface area contributed by atoms with Crippen LogP contribution in [0.3, 0.4) is 0 Å². The van der Waals surface area contributed by atoms with Crippen LogP contribution in [0.1, 0.15) is 19.8 Å². The molecule has 2 N–H and O–H groups in total. The lowest BCUT2D eigenvalue weighted by atomic mass is 10.2. The Morgan fingerprint density at radius 3 is 2.69 bits per heavy atom. The fourth-order valence-electron chi connectivity index (χ4n) is 2.65. The van der Waals surface area contributed by atoms with Gasteiger partial charge in [-0.1, -0.05) is 31.5 Å². The first kappa shape index (κ1) is 18.4. The molecule has 0 radical (unpaired) electrons. The van der Waals surface area contributed by atoms with Crippen LogP contribution >= 0.6 is 0 Å². The summed E-state index contributed by atoms with van der Waals surface area (Å²) in [5, 5.41) is 10.7. The number of fused-ring (bicyclic) bond motifs is 1. The van der Waals surface area contributed by atoms with Crippen LogP contribution in [0.5, 0.6) is 5.75 Å². The zero-order valence-electron chi connectivity index (χ0n) is 14.7. The van der Waals surface area contributed by atoms with Gasteiger partial charge >= 0.3 is 0 Å². The van der Waals surface area contributed by atoms with E-state index in [1.54, 1.807) is 48.5 Å². The maximum Gasteiger partial charge on any atom is 0.223 e. The van der Waals surface area contributed by atoms with E-state index in [2.05, 4.69) is 22.4 Å². The SMILES string of the molecule is CCCCNCCOc1ccc2n[nH]c(S(=O)(=O)c3ccccc3)c2c1. The van der Waals surface area contributed by atoms with Crippen molar-refractivity contribution in [2.75, 3.05) is 19.7 Å². The Morgan fingerprint density at radius 1 is 1.12 bits per heavy atom. The van der Waals surface area contributed by atoms with Crippen molar-refractivity contribution >= 4 is 20.7 Å². The maximum atomic E-state index is 12.9. The molecule has 3 rings (SSSR count). The van der Waals surface area contributed by atoms with Gasteiger partial charge in [-0.3, -0.25) is 5.10 Å².